The zero-order chi connectivity index (χ0) is 14.8. The second kappa shape index (κ2) is 4.44. The highest BCUT2D eigenvalue weighted by molar-refractivity contribution is 5.94. The Kier molecular flexibility index (Phi) is 2.96. The van der Waals surface area contributed by atoms with Gasteiger partial charge in [-0.05, 0) is 73.7 Å². The molecule has 0 heterocycles. The molecule has 2 heteroatoms. The van der Waals surface area contributed by atoms with Crippen LogP contribution in [-0.4, -0.2) is 17.0 Å². The van der Waals surface area contributed by atoms with Crippen molar-refractivity contribution in [1.29, 1.82) is 0 Å². The van der Waals surface area contributed by atoms with Gasteiger partial charge in [0.05, 0.1) is 6.10 Å². The minimum Gasteiger partial charge on any atom is -0.393 e. The summed E-state index contributed by atoms with van der Waals surface area (Å²) in [4.78, 5) is 12.9. The molecular weight excluding hydrogens is 260 g/mol. The maximum atomic E-state index is 12.9. The van der Waals surface area contributed by atoms with Gasteiger partial charge in [0.15, 0.2) is 5.78 Å². The van der Waals surface area contributed by atoms with Crippen molar-refractivity contribution in [3.63, 3.8) is 0 Å². The third-order valence-corrected chi connectivity index (χ3v) is 7.70. The van der Waals surface area contributed by atoms with Gasteiger partial charge >= 0.3 is 0 Å². The van der Waals surface area contributed by atoms with Crippen LogP contribution in [0.15, 0.2) is 11.6 Å². The summed E-state index contributed by atoms with van der Waals surface area (Å²) < 4.78 is 0. The Morgan fingerprint density at radius 2 is 1.90 bits per heavy atom. The van der Waals surface area contributed by atoms with E-state index in [4.69, 9.17) is 0 Å². The molecule has 0 aliphatic heterocycles. The van der Waals surface area contributed by atoms with Crippen LogP contribution in [0, 0.1) is 28.6 Å². The van der Waals surface area contributed by atoms with Gasteiger partial charge in [0.1, 0.15) is 0 Å². The summed E-state index contributed by atoms with van der Waals surface area (Å²) in [5.41, 5.74) is 1.86. The molecule has 4 aliphatic rings. The zero-order valence-electron chi connectivity index (χ0n) is 13.4. The fraction of sp³-hybridized carbons (Fsp3) is 0.842. The molecular formula is C19H28O2. The second-order valence-corrected chi connectivity index (χ2v) is 8.71. The van der Waals surface area contributed by atoms with Crippen LogP contribution < -0.4 is 0 Å². The Morgan fingerprint density at radius 1 is 1.10 bits per heavy atom. The Hall–Kier alpha value is -0.630. The molecule has 4 rings (SSSR count). The third-order valence-electron chi connectivity index (χ3n) is 7.70. The van der Waals surface area contributed by atoms with Gasteiger partial charge in [-0.1, -0.05) is 25.8 Å². The summed E-state index contributed by atoms with van der Waals surface area (Å²) in [7, 11) is 0. The number of hydrogen-bond acceptors (Lipinski definition) is 2. The van der Waals surface area contributed by atoms with Crippen LogP contribution in [0.5, 0.6) is 0 Å². The Labute approximate surface area is 128 Å². The first kappa shape index (κ1) is 14.0. The summed E-state index contributed by atoms with van der Waals surface area (Å²) in [5.74, 6) is 1.81. The highest BCUT2D eigenvalue weighted by Crippen LogP contribution is 2.63. The van der Waals surface area contributed by atoms with E-state index in [9.17, 15) is 9.90 Å². The number of allylic oxidation sites excluding steroid dienone is 1. The van der Waals surface area contributed by atoms with Crippen molar-refractivity contribution >= 4 is 5.78 Å². The standard InChI is InChI=1S/C19H28O2/c1-18-7-3-4-14(18)17-15(6-8-18)19(2)9-5-13(20)10-12(19)11-16(17)21/h11,13-15,17,20H,3-10H2,1-2H3/t13-,14+,15+,17+,18+,19+/m1/s1. The fourth-order valence-corrected chi connectivity index (χ4v) is 6.37. The van der Waals surface area contributed by atoms with Crippen LogP contribution in [0.1, 0.15) is 65.2 Å². The van der Waals surface area contributed by atoms with Crippen molar-refractivity contribution in [3.8, 4) is 0 Å². The molecule has 6 atom stereocenters. The lowest BCUT2D eigenvalue weighted by molar-refractivity contribution is -0.133. The number of carbonyl (C=O) groups excluding carboxylic acids is 1. The van der Waals surface area contributed by atoms with Gasteiger partial charge in [-0.25, -0.2) is 0 Å². The van der Waals surface area contributed by atoms with Gasteiger partial charge in [0, 0.05) is 5.92 Å². The largest absolute Gasteiger partial charge is 0.393 e. The highest BCUT2D eigenvalue weighted by Gasteiger charge is 2.58. The molecule has 0 unspecified atom stereocenters. The van der Waals surface area contributed by atoms with Crippen molar-refractivity contribution in [2.24, 2.45) is 28.6 Å². The molecule has 0 aromatic rings. The number of ketones is 1. The van der Waals surface area contributed by atoms with E-state index in [1.54, 1.807) is 0 Å². The van der Waals surface area contributed by atoms with Gasteiger partial charge < -0.3 is 5.11 Å². The van der Waals surface area contributed by atoms with Crippen molar-refractivity contribution in [1.82, 2.24) is 0 Å². The average Bonchev–Trinajstić information content (AvgIpc) is 2.82. The predicted molar refractivity (Wildman–Crippen MR) is 82.7 cm³/mol. The third kappa shape index (κ3) is 1.84. The summed E-state index contributed by atoms with van der Waals surface area (Å²) in [6.45, 7) is 4.81. The van der Waals surface area contributed by atoms with E-state index in [1.165, 1.54) is 37.7 Å². The van der Waals surface area contributed by atoms with Crippen LogP contribution >= 0.6 is 0 Å². The van der Waals surface area contributed by atoms with Gasteiger partial charge in [-0.3, -0.25) is 4.79 Å². The van der Waals surface area contributed by atoms with Gasteiger partial charge in [-0.15, -0.1) is 0 Å². The van der Waals surface area contributed by atoms with Crippen LogP contribution in [0.4, 0.5) is 0 Å². The summed E-state index contributed by atoms with van der Waals surface area (Å²) in [5, 5.41) is 9.98. The quantitative estimate of drug-likeness (QED) is 0.734. The van der Waals surface area contributed by atoms with E-state index >= 15 is 0 Å². The zero-order valence-corrected chi connectivity index (χ0v) is 13.4. The first-order chi connectivity index (χ1) is 9.94. The van der Waals surface area contributed by atoms with E-state index in [-0.39, 0.29) is 17.4 Å². The number of hydrogen-bond donors (Lipinski definition) is 1. The Balaban J connectivity index is 1.75. The molecule has 0 bridgehead atoms. The van der Waals surface area contributed by atoms with E-state index in [1.807, 2.05) is 6.08 Å². The fourth-order valence-electron chi connectivity index (χ4n) is 6.37. The van der Waals surface area contributed by atoms with Gasteiger partial charge in [0.25, 0.3) is 0 Å². The molecule has 3 saturated carbocycles. The maximum Gasteiger partial charge on any atom is 0.159 e. The lowest BCUT2D eigenvalue weighted by atomic mass is 9.48. The van der Waals surface area contributed by atoms with Crippen LogP contribution in [0.2, 0.25) is 0 Å². The van der Waals surface area contributed by atoms with E-state index in [0.29, 0.717) is 23.0 Å². The Bertz CT molecular complexity index is 508. The monoisotopic (exact) mass is 288 g/mol. The minimum atomic E-state index is -0.228. The number of aliphatic hydroxyl groups is 1. The molecule has 0 radical (unpaired) electrons. The number of aliphatic hydroxyl groups excluding tert-OH is 1. The number of carbonyl (C=O) groups is 1. The first-order valence-corrected chi connectivity index (χ1v) is 8.87. The normalized spacial score (nSPS) is 52.7. The summed E-state index contributed by atoms with van der Waals surface area (Å²) >= 11 is 0. The molecule has 0 aromatic heterocycles. The summed E-state index contributed by atoms with van der Waals surface area (Å²) in [6.07, 6.45) is 10.8. The molecule has 4 aliphatic carbocycles. The highest BCUT2D eigenvalue weighted by atomic mass is 16.3. The van der Waals surface area contributed by atoms with Crippen LogP contribution in [0.25, 0.3) is 0 Å². The lowest BCUT2D eigenvalue weighted by Gasteiger charge is -2.56. The molecule has 21 heavy (non-hydrogen) atoms. The topological polar surface area (TPSA) is 37.3 Å². The minimum absolute atomic E-state index is 0.182. The van der Waals surface area contributed by atoms with Gasteiger partial charge in [0.2, 0.25) is 0 Å². The summed E-state index contributed by atoms with van der Waals surface area (Å²) in [6, 6.07) is 0. The van der Waals surface area contributed by atoms with E-state index in [2.05, 4.69) is 13.8 Å². The molecule has 0 amide bonds. The molecule has 0 spiro atoms. The van der Waals surface area contributed by atoms with Crippen molar-refractivity contribution in [3.05, 3.63) is 11.6 Å². The van der Waals surface area contributed by atoms with Gasteiger partial charge in [-0.2, -0.15) is 0 Å². The van der Waals surface area contributed by atoms with E-state index in [0.717, 1.165) is 19.3 Å². The Morgan fingerprint density at radius 3 is 2.71 bits per heavy atom. The smallest absolute Gasteiger partial charge is 0.159 e. The molecule has 0 aromatic carbocycles. The number of fused-ring (bicyclic) bond motifs is 5. The van der Waals surface area contributed by atoms with Crippen molar-refractivity contribution in [2.75, 3.05) is 0 Å². The van der Waals surface area contributed by atoms with Crippen molar-refractivity contribution < 1.29 is 9.90 Å². The second-order valence-electron chi connectivity index (χ2n) is 8.71. The van der Waals surface area contributed by atoms with Crippen LogP contribution in [0.3, 0.4) is 0 Å². The SMILES string of the molecule is C[C@@]12CCC[C@H]1[C@@H]1C(=O)C=C3C[C@H](O)CC[C@]3(C)[C@H]1CC2. The number of rotatable bonds is 0. The maximum absolute atomic E-state index is 12.9. The van der Waals surface area contributed by atoms with Crippen LogP contribution in [-0.2, 0) is 4.79 Å². The molecule has 0 saturated heterocycles. The van der Waals surface area contributed by atoms with E-state index < -0.39 is 0 Å². The molecule has 2 nitrogen and oxygen atoms in total. The molecule has 3 fully saturated rings. The molecule has 1 N–H and O–H groups in total. The average molecular weight is 288 g/mol. The lowest BCUT2D eigenvalue weighted by Crippen LogP contribution is -2.52. The first-order valence-electron chi connectivity index (χ1n) is 8.87. The van der Waals surface area contributed by atoms with Crippen molar-refractivity contribution in [2.45, 2.75) is 71.3 Å². The molecule has 116 valence electrons. The predicted octanol–water partition coefficient (Wildman–Crippen LogP) is 3.88.